The SMILES string of the molecule is O=C(Cc1c[nH]c2ccc(Cl)cc12)Nc1ccc(Cl)c(I)n1. The fraction of sp³-hybridized carbons (Fsp3) is 0.0667. The number of hydrogen-bond acceptors (Lipinski definition) is 2. The Balaban J connectivity index is 1.78. The summed E-state index contributed by atoms with van der Waals surface area (Å²) in [5.74, 6) is 0.336. The summed E-state index contributed by atoms with van der Waals surface area (Å²) >= 11 is 13.9. The smallest absolute Gasteiger partial charge is 0.230 e. The molecule has 0 spiro atoms. The van der Waals surface area contributed by atoms with Crippen LogP contribution < -0.4 is 5.32 Å². The molecule has 0 saturated heterocycles. The number of carbonyl (C=O) groups is 1. The molecule has 0 aliphatic rings. The molecule has 0 aliphatic heterocycles. The topological polar surface area (TPSA) is 57.8 Å². The molecule has 3 aromatic rings. The standard InChI is InChI=1S/C15H10Cl2IN3O/c16-9-1-3-12-10(6-9)8(7-19-12)5-14(22)20-13-4-2-11(17)15(18)21-13/h1-4,6-7,19H,5H2,(H,20,21,22). The van der Waals surface area contributed by atoms with Crippen LogP contribution in [0.25, 0.3) is 10.9 Å². The molecule has 2 N–H and O–H groups in total. The summed E-state index contributed by atoms with van der Waals surface area (Å²) < 4.78 is 0.649. The van der Waals surface area contributed by atoms with Crippen LogP contribution in [0.4, 0.5) is 5.82 Å². The number of carbonyl (C=O) groups excluding carboxylic acids is 1. The highest BCUT2D eigenvalue weighted by Gasteiger charge is 2.11. The molecule has 0 aliphatic carbocycles. The van der Waals surface area contributed by atoms with Gasteiger partial charge < -0.3 is 10.3 Å². The normalized spacial score (nSPS) is 10.9. The summed E-state index contributed by atoms with van der Waals surface area (Å²) in [6, 6.07) is 8.93. The lowest BCUT2D eigenvalue weighted by atomic mass is 10.1. The molecule has 0 atom stereocenters. The van der Waals surface area contributed by atoms with Gasteiger partial charge in [0.05, 0.1) is 11.4 Å². The van der Waals surface area contributed by atoms with Crippen molar-refractivity contribution in [1.82, 2.24) is 9.97 Å². The molecule has 2 heterocycles. The van der Waals surface area contributed by atoms with E-state index in [1.807, 2.05) is 47.0 Å². The fourth-order valence-corrected chi connectivity index (χ4v) is 2.86. The summed E-state index contributed by atoms with van der Waals surface area (Å²) in [5, 5.41) is 4.91. The van der Waals surface area contributed by atoms with Crippen LogP contribution in [-0.4, -0.2) is 15.9 Å². The lowest BCUT2D eigenvalue weighted by Gasteiger charge is -2.05. The highest BCUT2D eigenvalue weighted by atomic mass is 127. The van der Waals surface area contributed by atoms with Gasteiger partial charge in [-0.05, 0) is 58.5 Å². The second kappa shape index (κ2) is 6.44. The first-order chi connectivity index (χ1) is 10.5. The summed E-state index contributed by atoms with van der Waals surface area (Å²) in [6.45, 7) is 0. The van der Waals surface area contributed by atoms with E-state index < -0.39 is 0 Å². The van der Waals surface area contributed by atoms with Gasteiger partial charge in [0.25, 0.3) is 0 Å². The average Bonchev–Trinajstić information content (AvgIpc) is 2.85. The van der Waals surface area contributed by atoms with Gasteiger partial charge in [0, 0.05) is 22.1 Å². The van der Waals surface area contributed by atoms with Crippen LogP contribution in [0.3, 0.4) is 0 Å². The Bertz CT molecular complexity index is 863. The molecular formula is C15H10Cl2IN3O. The maximum atomic E-state index is 12.2. The second-order valence-corrected chi connectivity index (χ2v) is 6.56. The number of aromatic amines is 1. The number of benzene rings is 1. The van der Waals surface area contributed by atoms with Gasteiger partial charge in [-0.25, -0.2) is 4.98 Å². The van der Waals surface area contributed by atoms with E-state index in [2.05, 4.69) is 15.3 Å². The third kappa shape index (κ3) is 3.37. The summed E-state index contributed by atoms with van der Waals surface area (Å²) in [6.07, 6.45) is 2.06. The van der Waals surface area contributed by atoms with Crippen molar-refractivity contribution in [3.05, 3.63) is 55.8 Å². The molecule has 0 bridgehead atoms. The Morgan fingerprint density at radius 3 is 2.86 bits per heavy atom. The number of aromatic nitrogens is 2. The van der Waals surface area contributed by atoms with Gasteiger partial charge in [0.2, 0.25) is 5.91 Å². The van der Waals surface area contributed by atoms with E-state index >= 15 is 0 Å². The first-order valence-corrected chi connectivity index (χ1v) is 8.24. The van der Waals surface area contributed by atoms with Crippen molar-refractivity contribution in [1.29, 1.82) is 0 Å². The van der Waals surface area contributed by atoms with Crippen molar-refractivity contribution in [2.75, 3.05) is 5.32 Å². The molecule has 1 aromatic carbocycles. The summed E-state index contributed by atoms with van der Waals surface area (Å²) in [4.78, 5) is 19.5. The van der Waals surface area contributed by atoms with Crippen LogP contribution >= 0.6 is 45.8 Å². The third-order valence-electron chi connectivity index (χ3n) is 3.15. The molecule has 7 heteroatoms. The quantitative estimate of drug-likeness (QED) is 0.455. The van der Waals surface area contributed by atoms with Gasteiger partial charge in [0.1, 0.15) is 9.52 Å². The van der Waals surface area contributed by atoms with E-state index in [9.17, 15) is 4.79 Å². The number of amides is 1. The van der Waals surface area contributed by atoms with Crippen molar-refractivity contribution >= 4 is 68.4 Å². The molecule has 0 fully saturated rings. The van der Waals surface area contributed by atoms with Gasteiger partial charge >= 0.3 is 0 Å². The molecule has 112 valence electrons. The minimum atomic E-state index is -0.147. The van der Waals surface area contributed by atoms with Gasteiger partial charge in [-0.15, -0.1) is 0 Å². The number of rotatable bonds is 3. The van der Waals surface area contributed by atoms with Gasteiger partial charge in [-0.1, -0.05) is 23.2 Å². The molecule has 3 rings (SSSR count). The number of pyridine rings is 1. The number of nitrogens with zero attached hydrogens (tertiary/aromatic N) is 1. The van der Waals surface area contributed by atoms with Crippen molar-refractivity contribution in [2.45, 2.75) is 6.42 Å². The van der Waals surface area contributed by atoms with Crippen molar-refractivity contribution in [2.24, 2.45) is 0 Å². The fourth-order valence-electron chi connectivity index (χ4n) is 2.14. The first kappa shape index (κ1) is 15.6. The predicted molar refractivity (Wildman–Crippen MR) is 97.6 cm³/mol. The lowest BCUT2D eigenvalue weighted by molar-refractivity contribution is -0.115. The Labute approximate surface area is 150 Å². The molecule has 0 radical (unpaired) electrons. The molecule has 2 aromatic heterocycles. The number of hydrogen-bond donors (Lipinski definition) is 2. The highest BCUT2D eigenvalue weighted by Crippen LogP contribution is 2.23. The molecule has 22 heavy (non-hydrogen) atoms. The zero-order valence-corrected chi connectivity index (χ0v) is 14.8. The van der Waals surface area contributed by atoms with Gasteiger partial charge in [-0.3, -0.25) is 4.79 Å². The number of fused-ring (bicyclic) bond motifs is 1. The molecule has 4 nitrogen and oxygen atoms in total. The van der Waals surface area contributed by atoms with E-state index in [0.29, 0.717) is 19.6 Å². The Kier molecular flexibility index (Phi) is 4.56. The van der Waals surface area contributed by atoms with Crippen LogP contribution in [0.1, 0.15) is 5.56 Å². The van der Waals surface area contributed by atoms with Crippen molar-refractivity contribution in [3.8, 4) is 0 Å². The second-order valence-electron chi connectivity index (χ2n) is 4.70. The Morgan fingerprint density at radius 2 is 2.09 bits per heavy atom. The summed E-state index contributed by atoms with van der Waals surface area (Å²) in [5.41, 5.74) is 1.84. The predicted octanol–water partition coefficient (Wildman–Crippen LogP) is 4.66. The minimum absolute atomic E-state index is 0.147. The third-order valence-corrected chi connectivity index (χ3v) is 4.83. The molecule has 1 amide bonds. The number of H-pyrrole nitrogens is 1. The van der Waals surface area contributed by atoms with E-state index in [0.717, 1.165) is 16.5 Å². The Hall–Kier alpha value is -1.31. The summed E-state index contributed by atoms with van der Waals surface area (Å²) in [7, 11) is 0. The molecule has 0 saturated carbocycles. The van der Waals surface area contributed by atoms with E-state index in [1.165, 1.54) is 0 Å². The van der Waals surface area contributed by atoms with Crippen LogP contribution in [-0.2, 0) is 11.2 Å². The highest BCUT2D eigenvalue weighted by molar-refractivity contribution is 14.1. The first-order valence-electron chi connectivity index (χ1n) is 6.40. The average molecular weight is 446 g/mol. The van der Waals surface area contributed by atoms with Crippen molar-refractivity contribution in [3.63, 3.8) is 0 Å². The molecule has 0 unspecified atom stereocenters. The van der Waals surface area contributed by atoms with Crippen LogP contribution in [0.5, 0.6) is 0 Å². The van der Waals surface area contributed by atoms with Gasteiger partial charge in [0.15, 0.2) is 0 Å². The molecular weight excluding hydrogens is 436 g/mol. The number of anilines is 1. The number of nitrogens with one attached hydrogen (secondary N) is 2. The maximum absolute atomic E-state index is 12.2. The van der Waals surface area contributed by atoms with Crippen molar-refractivity contribution < 1.29 is 4.79 Å². The van der Waals surface area contributed by atoms with Crippen LogP contribution in [0.2, 0.25) is 10.0 Å². The van der Waals surface area contributed by atoms with E-state index in [1.54, 1.807) is 12.1 Å². The zero-order valence-electron chi connectivity index (χ0n) is 11.2. The largest absolute Gasteiger partial charge is 0.361 e. The maximum Gasteiger partial charge on any atom is 0.230 e. The Morgan fingerprint density at radius 1 is 1.27 bits per heavy atom. The lowest BCUT2D eigenvalue weighted by Crippen LogP contribution is -2.15. The van der Waals surface area contributed by atoms with E-state index in [-0.39, 0.29) is 12.3 Å². The van der Waals surface area contributed by atoms with Gasteiger partial charge in [-0.2, -0.15) is 0 Å². The number of halogens is 3. The zero-order chi connectivity index (χ0) is 15.7. The van der Waals surface area contributed by atoms with Crippen LogP contribution in [0, 0.1) is 3.70 Å². The van der Waals surface area contributed by atoms with E-state index in [4.69, 9.17) is 23.2 Å². The van der Waals surface area contributed by atoms with Crippen LogP contribution in [0.15, 0.2) is 36.5 Å². The minimum Gasteiger partial charge on any atom is -0.361 e. The monoisotopic (exact) mass is 445 g/mol.